The van der Waals surface area contributed by atoms with Crippen LogP contribution >= 0.6 is 23.2 Å². The first kappa shape index (κ1) is 28.0. The third-order valence-corrected chi connectivity index (χ3v) is 5.82. The molecule has 0 fully saturated rings. The molecule has 0 aliphatic heterocycles. The lowest BCUT2D eigenvalue weighted by atomic mass is 9.85. The number of anilines is 1. The number of nitrogens with one attached hydrogen (secondary N) is 1. The van der Waals surface area contributed by atoms with Crippen molar-refractivity contribution in [2.45, 2.75) is 64.7 Å². The van der Waals surface area contributed by atoms with Crippen molar-refractivity contribution in [2.24, 2.45) is 5.92 Å². The van der Waals surface area contributed by atoms with Crippen LogP contribution in [0.3, 0.4) is 0 Å². The standard InChI is InChI=1S/C25H28Cl2F3NO3/c1-14(12-21(32)34-24(3,4)5)17-8-11-19(27)20(13-17)31-23(33)22(15(2)25(28,29)30)16-6-9-18(26)10-7-16/h6-11,13-15,22H,12H2,1-5H3,(H,31,33)/t14?,15-,22+/m1/s1. The predicted octanol–water partition coefficient (Wildman–Crippen LogP) is 7.75. The molecule has 186 valence electrons. The largest absolute Gasteiger partial charge is 0.460 e. The molecule has 0 heterocycles. The minimum Gasteiger partial charge on any atom is -0.460 e. The van der Waals surface area contributed by atoms with Crippen LogP contribution < -0.4 is 5.32 Å². The van der Waals surface area contributed by atoms with Crippen LogP contribution in [0.5, 0.6) is 0 Å². The summed E-state index contributed by atoms with van der Waals surface area (Å²) in [6.45, 7) is 8.07. The Balaban J connectivity index is 2.30. The Morgan fingerprint density at radius 2 is 1.53 bits per heavy atom. The van der Waals surface area contributed by atoms with Crippen LogP contribution in [0.2, 0.25) is 10.0 Å². The molecule has 0 saturated heterocycles. The summed E-state index contributed by atoms with van der Waals surface area (Å²) in [6.07, 6.45) is -4.51. The molecule has 2 rings (SSSR count). The van der Waals surface area contributed by atoms with E-state index in [1.165, 1.54) is 30.3 Å². The fourth-order valence-corrected chi connectivity index (χ4v) is 3.72. The number of alkyl halides is 3. The molecular formula is C25H28Cl2F3NO3. The fourth-order valence-electron chi connectivity index (χ4n) is 3.43. The maximum Gasteiger partial charge on any atom is 0.392 e. The van der Waals surface area contributed by atoms with Gasteiger partial charge in [0.1, 0.15) is 5.60 Å². The minimum absolute atomic E-state index is 0.0881. The van der Waals surface area contributed by atoms with Gasteiger partial charge in [-0.15, -0.1) is 0 Å². The van der Waals surface area contributed by atoms with Crippen LogP contribution in [0, 0.1) is 5.92 Å². The fraction of sp³-hybridized carbons (Fsp3) is 0.440. The van der Waals surface area contributed by atoms with Crippen LogP contribution in [0.1, 0.15) is 64.0 Å². The van der Waals surface area contributed by atoms with E-state index in [1.54, 1.807) is 39.8 Å². The maximum atomic E-state index is 13.6. The Hall–Kier alpha value is -2.25. The van der Waals surface area contributed by atoms with Crippen molar-refractivity contribution in [1.29, 1.82) is 0 Å². The van der Waals surface area contributed by atoms with Crippen LogP contribution in [0.25, 0.3) is 0 Å². The van der Waals surface area contributed by atoms with Crippen LogP contribution in [-0.4, -0.2) is 23.7 Å². The molecule has 3 atom stereocenters. The van der Waals surface area contributed by atoms with Crippen molar-refractivity contribution in [1.82, 2.24) is 0 Å². The first-order valence-corrected chi connectivity index (χ1v) is 11.5. The highest BCUT2D eigenvalue weighted by molar-refractivity contribution is 6.33. The molecule has 1 N–H and O–H groups in total. The van der Waals surface area contributed by atoms with E-state index in [9.17, 15) is 22.8 Å². The first-order valence-electron chi connectivity index (χ1n) is 10.7. The zero-order valence-corrected chi connectivity index (χ0v) is 21.1. The molecule has 0 aromatic heterocycles. The predicted molar refractivity (Wildman–Crippen MR) is 128 cm³/mol. The summed E-state index contributed by atoms with van der Waals surface area (Å²) < 4.78 is 46.1. The van der Waals surface area contributed by atoms with Crippen molar-refractivity contribution in [3.63, 3.8) is 0 Å². The molecule has 0 saturated carbocycles. The van der Waals surface area contributed by atoms with Gasteiger partial charge >= 0.3 is 12.1 Å². The van der Waals surface area contributed by atoms with Gasteiger partial charge in [0.25, 0.3) is 0 Å². The molecule has 0 aliphatic rings. The van der Waals surface area contributed by atoms with Crippen molar-refractivity contribution in [2.75, 3.05) is 5.32 Å². The van der Waals surface area contributed by atoms with Gasteiger partial charge in [-0.1, -0.05) is 55.2 Å². The second kappa shape index (κ2) is 11.0. The molecule has 1 amide bonds. The number of halogens is 5. The molecule has 4 nitrogen and oxygen atoms in total. The normalized spacial score (nSPS) is 14.8. The summed E-state index contributed by atoms with van der Waals surface area (Å²) in [5.74, 6) is -4.99. The van der Waals surface area contributed by atoms with Crippen molar-refractivity contribution in [3.8, 4) is 0 Å². The van der Waals surface area contributed by atoms with Gasteiger partial charge in [-0.05, 0) is 62.1 Å². The number of ether oxygens (including phenoxy) is 1. The van der Waals surface area contributed by atoms with Gasteiger partial charge in [0.15, 0.2) is 0 Å². The summed E-state index contributed by atoms with van der Waals surface area (Å²) >= 11 is 12.1. The van der Waals surface area contributed by atoms with Gasteiger partial charge in [-0.2, -0.15) is 13.2 Å². The quantitative estimate of drug-likeness (QED) is 0.382. The number of hydrogen-bond acceptors (Lipinski definition) is 3. The van der Waals surface area contributed by atoms with Gasteiger partial charge in [0.2, 0.25) is 5.91 Å². The topological polar surface area (TPSA) is 55.4 Å². The third kappa shape index (κ3) is 7.91. The smallest absolute Gasteiger partial charge is 0.392 e. The van der Waals surface area contributed by atoms with E-state index in [-0.39, 0.29) is 34.6 Å². The Morgan fingerprint density at radius 3 is 2.06 bits per heavy atom. The summed E-state index contributed by atoms with van der Waals surface area (Å²) in [5.41, 5.74) is 0.394. The molecule has 0 bridgehead atoms. The summed E-state index contributed by atoms with van der Waals surface area (Å²) in [7, 11) is 0. The number of rotatable bonds is 7. The number of benzene rings is 2. The molecule has 2 aromatic rings. The molecule has 9 heteroatoms. The van der Waals surface area contributed by atoms with E-state index >= 15 is 0 Å². The average Bonchev–Trinajstić information content (AvgIpc) is 2.69. The average molecular weight is 518 g/mol. The monoisotopic (exact) mass is 517 g/mol. The Labute approximate surface area is 207 Å². The van der Waals surface area contributed by atoms with Crippen molar-refractivity contribution >= 4 is 40.8 Å². The summed E-state index contributed by atoms with van der Waals surface area (Å²) in [6, 6.07) is 10.5. The molecule has 0 aliphatic carbocycles. The highest BCUT2D eigenvalue weighted by atomic mass is 35.5. The van der Waals surface area contributed by atoms with Crippen molar-refractivity contribution < 1.29 is 27.5 Å². The van der Waals surface area contributed by atoms with Crippen LogP contribution in [-0.2, 0) is 14.3 Å². The third-order valence-electron chi connectivity index (χ3n) is 5.24. The van der Waals surface area contributed by atoms with E-state index < -0.39 is 29.5 Å². The minimum atomic E-state index is -4.60. The lowest BCUT2D eigenvalue weighted by Crippen LogP contribution is -2.34. The van der Waals surface area contributed by atoms with Gasteiger partial charge in [0, 0.05) is 5.02 Å². The van der Waals surface area contributed by atoms with E-state index in [0.29, 0.717) is 10.6 Å². The molecule has 0 spiro atoms. The van der Waals surface area contributed by atoms with E-state index in [1.807, 2.05) is 0 Å². The number of hydrogen-bond donors (Lipinski definition) is 1. The second-order valence-corrected chi connectivity index (χ2v) is 10.1. The molecular weight excluding hydrogens is 490 g/mol. The maximum absolute atomic E-state index is 13.6. The lowest BCUT2D eigenvalue weighted by Gasteiger charge is -2.26. The molecule has 2 aromatic carbocycles. The van der Waals surface area contributed by atoms with E-state index in [2.05, 4.69) is 5.32 Å². The highest BCUT2D eigenvalue weighted by Gasteiger charge is 2.45. The molecule has 34 heavy (non-hydrogen) atoms. The summed E-state index contributed by atoms with van der Waals surface area (Å²) in [4.78, 5) is 25.3. The lowest BCUT2D eigenvalue weighted by molar-refractivity contribution is -0.178. The molecule has 1 unspecified atom stereocenters. The molecule has 0 radical (unpaired) electrons. The van der Waals surface area contributed by atoms with Gasteiger partial charge in [-0.3, -0.25) is 9.59 Å². The summed E-state index contributed by atoms with van der Waals surface area (Å²) in [5, 5.41) is 3.05. The Morgan fingerprint density at radius 1 is 0.971 bits per heavy atom. The van der Waals surface area contributed by atoms with Crippen LogP contribution in [0.15, 0.2) is 42.5 Å². The Bertz CT molecular complexity index is 1020. The van der Waals surface area contributed by atoms with Gasteiger partial charge in [-0.25, -0.2) is 0 Å². The number of carbonyl (C=O) groups excluding carboxylic acids is 2. The Kier molecular flexibility index (Phi) is 9.05. The van der Waals surface area contributed by atoms with Gasteiger partial charge < -0.3 is 10.1 Å². The van der Waals surface area contributed by atoms with E-state index in [4.69, 9.17) is 27.9 Å². The number of amides is 1. The second-order valence-electron chi connectivity index (χ2n) is 9.28. The van der Waals surface area contributed by atoms with Crippen molar-refractivity contribution in [3.05, 3.63) is 63.6 Å². The first-order chi connectivity index (χ1) is 15.6. The van der Waals surface area contributed by atoms with Crippen LogP contribution in [0.4, 0.5) is 18.9 Å². The van der Waals surface area contributed by atoms with E-state index in [0.717, 1.165) is 6.92 Å². The SMILES string of the molecule is CC(CC(=O)OC(C)(C)C)c1ccc(Cl)c(NC(=O)[C@H](c2ccc(Cl)cc2)[C@@H](C)C(F)(F)F)c1. The zero-order chi connectivity index (χ0) is 25.8. The number of esters is 1. The zero-order valence-electron chi connectivity index (χ0n) is 19.6. The van der Waals surface area contributed by atoms with Gasteiger partial charge in [0.05, 0.1) is 29.0 Å². The highest BCUT2D eigenvalue weighted by Crippen LogP contribution is 2.39. The number of carbonyl (C=O) groups is 2.